The number of thiazole rings is 1. The fraction of sp³-hybridized carbons (Fsp3) is 0.0455. The van der Waals surface area contributed by atoms with Gasteiger partial charge in [0.05, 0.1) is 27.4 Å². The summed E-state index contributed by atoms with van der Waals surface area (Å²) in [6.45, 7) is 1.90. The Morgan fingerprint density at radius 1 is 1.12 bits per heavy atom. The summed E-state index contributed by atoms with van der Waals surface area (Å²) in [5.74, 6) is 0.0522. The second-order valence-corrected chi connectivity index (χ2v) is 9.33. The number of aryl methyl sites for hydroxylation is 1. The molecule has 7 nitrogen and oxygen atoms in total. The summed E-state index contributed by atoms with van der Waals surface area (Å²) in [6.07, 6.45) is 0.900. The van der Waals surface area contributed by atoms with E-state index in [1.807, 2.05) is 30.5 Å². The number of hydrogen-bond acceptors (Lipinski definition) is 7. The van der Waals surface area contributed by atoms with Gasteiger partial charge >= 0.3 is 0 Å². The van der Waals surface area contributed by atoms with Crippen LogP contribution in [0.15, 0.2) is 71.1 Å². The predicted octanol–water partition coefficient (Wildman–Crippen LogP) is 5.12. The van der Waals surface area contributed by atoms with Gasteiger partial charge in [0.15, 0.2) is 0 Å². The molecule has 32 heavy (non-hydrogen) atoms. The van der Waals surface area contributed by atoms with Crippen LogP contribution < -0.4 is 9.46 Å². The Morgan fingerprint density at radius 2 is 1.94 bits per heavy atom. The van der Waals surface area contributed by atoms with Gasteiger partial charge in [0, 0.05) is 10.9 Å². The van der Waals surface area contributed by atoms with E-state index in [1.165, 1.54) is 35.6 Å². The number of aromatic nitrogens is 2. The van der Waals surface area contributed by atoms with E-state index in [0.29, 0.717) is 5.75 Å². The highest BCUT2D eigenvalue weighted by Crippen LogP contribution is 2.35. The van der Waals surface area contributed by atoms with Gasteiger partial charge in [-0.1, -0.05) is 12.1 Å². The summed E-state index contributed by atoms with van der Waals surface area (Å²) in [5, 5.41) is 12.4. The van der Waals surface area contributed by atoms with Crippen LogP contribution in [-0.4, -0.2) is 18.4 Å². The normalized spacial score (nSPS) is 11.0. The lowest BCUT2D eigenvalue weighted by molar-refractivity contribution is 0.482. The molecule has 1 N–H and O–H groups in total. The van der Waals surface area contributed by atoms with E-state index in [9.17, 15) is 18.1 Å². The van der Waals surface area contributed by atoms with Gasteiger partial charge in [-0.3, -0.25) is 4.72 Å². The molecule has 0 aliphatic heterocycles. The lowest BCUT2D eigenvalue weighted by Crippen LogP contribution is -2.14. The van der Waals surface area contributed by atoms with E-state index in [4.69, 9.17) is 4.74 Å². The van der Waals surface area contributed by atoms with Crippen LogP contribution in [0, 0.1) is 24.1 Å². The molecule has 0 radical (unpaired) electrons. The quantitative estimate of drug-likeness (QED) is 0.423. The maximum absolute atomic E-state index is 13.0. The highest BCUT2D eigenvalue weighted by Gasteiger charge is 2.19. The van der Waals surface area contributed by atoms with Crippen molar-refractivity contribution in [1.29, 1.82) is 5.26 Å². The number of hydrogen-bond donors (Lipinski definition) is 1. The van der Waals surface area contributed by atoms with Crippen molar-refractivity contribution in [3.8, 4) is 28.8 Å². The number of ether oxygens (including phenoxy) is 1. The molecule has 0 aliphatic carbocycles. The number of rotatable bonds is 6. The molecule has 0 unspecified atom stereocenters. The molecule has 2 aromatic heterocycles. The zero-order valence-corrected chi connectivity index (χ0v) is 18.2. The van der Waals surface area contributed by atoms with E-state index in [2.05, 4.69) is 14.7 Å². The Labute approximate surface area is 187 Å². The van der Waals surface area contributed by atoms with Crippen LogP contribution in [0.25, 0.3) is 11.3 Å². The molecule has 0 bridgehead atoms. The van der Waals surface area contributed by atoms with Gasteiger partial charge in [0.25, 0.3) is 10.0 Å². The summed E-state index contributed by atoms with van der Waals surface area (Å²) < 4.78 is 46.6. The Balaban J connectivity index is 1.64. The van der Waals surface area contributed by atoms with Crippen molar-refractivity contribution in [1.82, 2.24) is 9.97 Å². The highest BCUT2D eigenvalue weighted by molar-refractivity contribution is 7.92. The number of sulfonamides is 1. The minimum atomic E-state index is -4.05. The first-order valence-electron chi connectivity index (χ1n) is 9.23. The predicted molar refractivity (Wildman–Crippen MR) is 119 cm³/mol. The molecule has 2 heterocycles. The first-order valence-corrected chi connectivity index (χ1v) is 11.6. The molecule has 0 aliphatic rings. The largest absolute Gasteiger partial charge is 0.455 e. The molecule has 0 fully saturated rings. The number of anilines is 1. The maximum Gasteiger partial charge on any atom is 0.263 e. The van der Waals surface area contributed by atoms with Crippen molar-refractivity contribution in [3.05, 3.63) is 82.6 Å². The van der Waals surface area contributed by atoms with E-state index < -0.39 is 15.8 Å². The third kappa shape index (κ3) is 4.59. The topological polar surface area (TPSA) is 105 Å². The van der Waals surface area contributed by atoms with E-state index in [-0.39, 0.29) is 22.0 Å². The number of halogens is 1. The third-order valence-corrected chi connectivity index (χ3v) is 6.48. The third-order valence-electron chi connectivity index (χ3n) is 4.35. The van der Waals surface area contributed by atoms with Crippen LogP contribution >= 0.6 is 11.3 Å². The molecule has 4 rings (SSSR count). The van der Waals surface area contributed by atoms with Gasteiger partial charge in [0.2, 0.25) is 0 Å². The first kappa shape index (κ1) is 21.4. The summed E-state index contributed by atoms with van der Waals surface area (Å²) in [5.41, 5.74) is 1.53. The summed E-state index contributed by atoms with van der Waals surface area (Å²) in [6, 6.07) is 15.4. The number of pyridine rings is 1. The number of nitrogens with one attached hydrogen (secondary N) is 1. The molecule has 160 valence electrons. The zero-order valence-electron chi connectivity index (χ0n) is 16.6. The molecule has 0 spiro atoms. The zero-order chi connectivity index (χ0) is 22.7. The van der Waals surface area contributed by atoms with Gasteiger partial charge < -0.3 is 4.74 Å². The number of nitriles is 1. The SMILES string of the molecule is Cc1nc(-c2ccccc2Oc2ccc(S(=O)(=O)Nc3ccc(F)cn3)cc2C#N)cs1. The second kappa shape index (κ2) is 8.74. The number of benzene rings is 2. The van der Waals surface area contributed by atoms with Gasteiger partial charge in [-0.25, -0.2) is 22.8 Å². The van der Waals surface area contributed by atoms with Crippen LogP contribution in [0.3, 0.4) is 0 Å². The average Bonchev–Trinajstić information content (AvgIpc) is 3.22. The van der Waals surface area contributed by atoms with Crippen molar-refractivity contribution in [2.24, 2.45) is 0 Å². The Hall–Kier alpha value is -3.81. The molecule has 2 aromatic carbocycles. The van der Waals surface area contributed by atoms with Gasteiger partial charge in [0.1, 0.15) is 29.2 Å². The summed E-state index contributed by atoms with van der Waals surface area (Å²) in [7, 11) is -4.05. The molecule has 0 saturated heterocycles. The molecular weight excluding hydrogens is 451 g/mol. The summed E-state index contributed by atoms with van der Waals surface area (Å²) in [4.78, 5) is 8.00. The minimum absolute atomic E-state index is 0.0317. The van der Waals surface area contributed by atoms with E-state index in [1.54, 1.807) is 12.1 Å². The van der Waals surface area contributed by atoms with Crippen molar-refractivity contribution >= 4 is 27.2 Å². The standard InChI is InChI=1S/C22H15FN4O3S2/c1-14-26-19(13-31-14)18-4-2-3-5-21(18)30-20-8-7-17(10-15(20)11-24)32(28,29)27-22-9-6-16(23)12-25-22/h2-10,12-13H,1H3,(H,25,27). The van der Waals surface area contributed by atoms with Crippen LogP contribution in [0.4, 0.5) is 10.2 Å². The highest BCUT2D eigenvalue weighted by atomic mass is 32.2. The first-order chi connectivity index (χ1) is 15.4. The van der Waals surface area contributed by atoms with Crippen LogP contribution in [0.5, 0.6) is 11.5 Å². The summed E-state index contributed by atoms with van der Waals surface area (Å²) >= 11 is 1.51. The molecule has 0 atom stereocenters. The molecule has 10 heteroatoms. The van der Waals surface area contributed by atoms with Crippen molar-refractivity contribution in [2.75, 3.05) is 4.72 Å². The minimum Gasteiger partial charge on any atom is -0.455 e. The smallest absolute Gasteiger partial charge is 0.263 e. The van der Waals surface area contributed by atoms with Gasteiger partial charge in [-0.05, 0) is 49.4 Å². The lowest BCUT2D eigenvalue weighted by Gasteiger charge is -2.13. The lowest BCUT2D eigenvalue weighted by atomic mass is 10.1. The molecular formula is C22H15FN4O3S2. The van der Waals surface area contributed by atoms with Crippen LogP contribution in [0.1, 0.15) is 10.6 Å². The monoisotopic (exact) mass is 466 g/mol. The maximum atomic E-state index is 13.0. The Morgan fingerprint density at radius 3 is 2.62 bits per heavy atom. The number of nitrogens with zero attached hydrogens (tertiary/aromatic N) is 3. The second-order valence-electron chi connectivity index (χ2n) is 6.59. The van der Waals surface area contributed by atoms with Crippen LogP contribution in [0.2, 0.25) is 0 Å². The molecule has 0 amide bonds. The fourth-order valence-corrected chi connectivity index (χ4v) is 4.51. The van der Waals surface area contributed by atoms with Crippen molar-refractivity contribution < 1.29 is 17.5 Å². The van der Waals surface area contributed by atoms with E-state index in [0.717, 1.165) is 28.5 Å². The van der Waals surface area contributed by atoms with E-state index >= 15 is 0 Å². The number of para-hydroxylation sites is 1. The van der Waals surface area contributed by atoms with Gasteiger partial charge in [-0.2, -0.15) is 5.26 Å². The average molecular weight is 467 g/mol. The molecule has 4 aromatic rings. The van der Waals surface area contributed by atoms with Crippen molar-refractivity contribution in [3.63, 3.8) is 0 Å². The molecule has 0 saturated carbocycles. The van der Waals surface area contributed by atoms with Crippen molar-refractivity contribution in [2.45, 2.75) is 11.8 Å². The Kier molecular flexibility index (Phi) is 5.85. The Bertz CT molecular complexity index is 1430. The van der Waals surface area contributed by atoms with Gasteiger partial charge in [-0.15, -0.1) is 11.3 Å². The van der Waals surface area contributed by atoms with Crippen LogP contribution in [-0.2, 0) is 10.0 Å². The fourth-order valence-electron chi connectivity index (χ4n) is 2.86.